The van der Waals surface area contributed by atoms with E-state index < -0.39 is 11.7 Å². The summed E-state index contributed by atoms with van der Waals surface area (Å²) in [5.41, 5.74) is 6.86. The van der Waals surface area contributed by atoms with E-state index in [4.69, 9.17) is 15.2 Å². The number of amides is 1. The van der Waals surface area contributed by atoms with Gasteiger partial charge in [0.1, 0.15) is 11.4 Å². The van der Waals surface area contributed by atoms with Crippen LogP contribution in [0.5, 0.6) is 5.75 Å². The Balaban J connectivity index is 2.04. The number of carbonyl (C=O) groups excluding carboxylic acids is 2. The number of Topliss-reactive ketones (excluding diaryl/α,β-unsaturated/α-hetero) is 1. The summed E-state index contributed by atoms with van der Waals surface area (Å²) >= 11 is 3.42. The minimum absolute atomic E-state index is 0.00860. The molecule has 0 bridgehead atoms. The topological polar surface area (TPSA) is 103 Å². The van der Waals surface area contributed by atoms with E-state index in [0.29, 0.717) is 11.4 Å². The fourth-order valence-electron chi connectivity index (χ4n) is 3.34. The van der Waals surface area contributed by atoms with E-state index in [1.807, 2.05) is 6.07 Å². The molecule has 1 saturated carbocycles. The SMILES string of the molecule is COc1cc(NC2CCCCC2C(=O)CNC(=O)OC(C)(C)C)c(N)cc1Br. The van der Waals surface area contributed by atoms with Crippen molar-refractivity contribution in [3.8, 4) is 5.75 Å². The highest BCUT2D eigenvalue weighted by Gasteiger charge is 2.31. The van der Waals surface area contributed by atoms with Crippen LogP contribution in [0.3, 0.4) is 0 Å². The smallest absolute Gasteiger partial charge is 0.408 e. The maximum Gasteiger partial charge on any atom is 0.408 e. The van der Waals surface area contributed by atoms with Gasteiger partial charge in [-0.3, -0.25) is 4.79 Å². The average molecular weight is 456 g/mol. The number of hydrogen-bond acceptors (Lipinski definition) is 6. The van der Waals surface area contributed by atoms with Crippen LogP contribution >= 0.6 is 15.9 Å². The van der Waals surface area contributed by atoms with Gasteiger partial charge >= 0.3 is 6.09 Å². The summed E-state index contributed by atoms with van der Waals surface area (Å²) in [6.07, 6.45) is 3.08. The molecule has 1 aromatic rings. The molecule has 0 saturated heterocycles. The van der Waals surface area contributed by atoms with Crippen LogP contribution in [-0.2, 0) is 9.53 Å². The predicted molar refractivity (Wildman–Crippen MR) is 114 cm³/mol. The zero-order valence-electron chi connectivity index (χ0n) is 16.9. The van der Waals surface area contributed by atoms with E-state index in [9.17, 15) is 9.59 Å². The van der Waals surface area contributed by atoms with Crippen LogP contribution in [0, 0.1) is 5.92 Å². The highest BCUT2D eigenvalue weighted by molar-refractivity contribution is 9.10. The van der Waals surface area contributed by atoms with Gasteiger partial charge in [-0.1, -0.05) is 12.8 Å². The molecule has 1 amide bonds. The largest absolute Gasteiger partial charge is 0.495 e. The minimum atomic E-state index is -0.597. The first kappa shape index (κ1) is 22.3. The number of rotatable bonds is 6. The summed E-state index contributed by atoms with van der Waals surface area (Å²) < 4.78 is 11.3. The number of ketones is 1. The summed E-state index contributed by atoms with van der Waals surface area (Å²) in [7, 11) is 1.59. The number of benzene rings is 1. The third-order valence-electron chi connectivity index (χ3n) is 4.65. The van der Waals surface area contributed by atoms with Crippen LogP contribution in [0.25, 0.3) is 0 Å². The van der Waals surface area contributed by atoms with Crippen LogP contribution in [0.15, 0.2) is 16.6 Å². The number of carbonyl (C=O) groups is 2. The maximum atomic E-state index is 12.8. The third kappa shape index (κ3) is 6.29. The molecule has 1 fully saturated rings. The molecule has 156 valence electrons. The van der Waals surface area contributed by atoms with E-state index in [2.05, 4.69) is 26.6 Å². The molecule has 4 N–H and O–H groups in total. The molecule has 7 nitrogen and oxygen atoms in total. The molecule has 0 aliphatic heterocycles. The first-order chi connectivity index (χ1) is 13.1. The molecule has 0 heterocycles. The van der Waals surface area contributed by atoms with Gasteiger partial charge in [0.05, 0.1) is 29.5 Å². The molecule has 1 aliphatic carbocycles. The molecule has 2 rings (SSSR count). The van der Waals surface area contributed by atoms with E-state index in [1.165, 1.54) is 0 Å². The second-order valence-electron chi connectivity index (χ2n) is 8.04. The molecule has 0 radical (unpaired) electrons. The van der Waals surface area contributed by atoms with E-state index >= 15 is 0 Å². The molecule has 28 heavy (non-hydrogen) atoms. The highest BCUT2D eigenvalue weighted by Crippen LogP contribution is 2.35. The van der Waals surface area contributed by atoms with Crippen LogP contribution in [0.2, 0.25) is 0 Å². The van der Waals surface area contributed by atoms with Gasteiger partial charge in [0.15, 0.2) is 5.78 Å². The molecule has 1 aromatic carbocycles. The molecule has 1 aliphatic rings. The van der Waals surface area contributed by atoms with Crippen molar-refractivity contribution in [1.82, 2.24) is 5.32 Å². The molecule has 8 heteroatoms. The van der Waals surface area contributed by atoms with Gasteiger partial charge in [-0.2, -0.15) is 0 Å². The Morgan fingerprint density at radius 3 is 2.57 bits per heavy atom. The molecule has 0 spiro atoms. The quantitative estimate of drug-likeness (QED) is 0.557. The van der Waals surface area contributed by atoms with Crippen LogP contribution in [-0.4, -0.2) is 37.2 Å². The second-order valence-corrected chi connectivity index (χ2v) is 8.89. The summed E-state index contributed by atoms with van der Waals surface area (Å²) in [6, 6.07) is 3.56. The number of ether oxygens (including phenoxy) is 2. The van der Waals surface area contributed by atoms with Crippen LogP contribution < -0.4 is 21.1 Å². The van der Waals surface area contributed by atoms with Crippen molar-refractivity contribution in [1.29, 1.82) is 0 Å². The van der Waals surface area contributed by atoms with E-state index in [-0.39, 0.29) is 24.3 Å². The Bertz CT molecular complexity index is 718. The van der Waals surface area contributed by atoms with E-state index in [0.717, 1.165) is 35.8 Å². The maximum absolute atomic E-state index is 12.8. The normalized spacial score (nSPS) is 19.6. The van der Waals surface area contributed by atoms with Gasteiger partial charge in [0.2, 0.25) is 0 Å². The lowest BCUT2D eigenvalue weighted by Crippen LogP contribution is -2.43. The number of nitrogen functional groups attached to an aromatic ring is 1. The molecule has 2 unspecified atom stereocenters. The van der Waals surface area contributed by atoms with Crippen molar-refractivity contribution in [2.24, 2.45) is 5.92 Å². The zero-order chi connectivity index (χ0) is 20.9. The van der Waals surface area contributed by atoms with Gasteiger partial charge in [-0.15, -0.1) is 0 Å². The standard InChI is InChI=1S/C20H30BrN3O4/c1-20(2,3)28-19(26)23-11-17(25)12-7-5-6-8-15(12)24-16-10-18(27-4)13(21)9-14(16)22/h9-10,12,15,24H,5-8,11,22H2,1-4H3,(H,23,26). The van der Waals surface area contributed by atoms with Crippen molar-refractivity contribution in [2.75, 3.05) is 24.7 Å². The van der Waals surface area contributed by atoms with Crippen LogP contribution in [0.1, 0.15) is 46.5 Å². The second kappa shape index (κ2) is 9.49. The van der Waals surface area contributed by atoms with Crippen molar-refractivity contribution < 1.29 is 19.1 Å². The Hall–Kier alpha value is -1.96. The fraction of sp³-hybridized carbons (Fsp3) is 0.600. The third-order valence-corrected chi connectivity index (χ3v) is 5.27. The number of anilines is 2. The molecular formula is C20H30BrN3O4. The van der Waals surface area contributed by atoms with Crippen molar-refractivity contribution in [3.05, 3.63) is 16.6 Å². The van der Waals surface area contributed by atoms with Gasteiger partial charge in [0, 0.05) is 18.0 Å². The lowest BCUT2D eigenvalue weighted by molar-refractivity contribution is -0.123. The number of halogens is 1. The number of nitrogens with two attached hydrogens (primary N) is 1. The predicted octanol–water partition coefficient (Wildman–Crippen LogP) is 4.10. The van der Waals surface area contributed by atoms with Crippen molar-refractivity contribution in [3.63, 3.8) is 0 Å². The Kier molecular flexibility index (Phi) is 7.57. The first-order valence-corrected chi connectivity index (χ1v) is 10.3. The summed E-state index contributed by atoms with van der Waals surface area (Å²) in [4.78, 5) is 24.6. The monoisotopic (exact) mass is 455 g/mol. The Morgan fingerprint density at radius 2 is 1.93 bits per heavy atom. The fourth-order valence-corrected chi connectivity index (χ4v) is 3.87. The number of alkyl carbamates (subject to hydrolysis) is 1. The van der Waals surface area contributed by atoms with Gasteiger partial charge in [-0.05, 0) is 55.6 Å². The van der Waals surface area contributed by atoms with Gasteiger partial charge < -0.3 is 25.8 Å². The zero-order valence-corrected chi connectivity index (χ0v) is 18.5. The number of nitrogens with one attached hydrogen (secondary N) is 2. The lowest BCUT2D eigenvalue weighted by Gasteiger charge is -2.32. The molecule has 0 aromatic heterocycles. The Morgan fingerprint density at radius 1 is 1.25 bits per heavy atom. The molecule has 2 atom stereocenters. The molecular weight excluding hydrogens is 426 g/mol. The first-order valence-electron chi connectivity index (χ1n) is 9.50. The summed E-state index contributed by atoms with van der Waals surface area (Å²) in [6.45, 7) is 5.31. The summed E-state index contributed by atoms with van der Waals surface area (Å²) in [5.74, 6) is 0.463. The Labute approximate surface area is 174 Å². The number of hydrogen-bond donors (Lipinski definition) is 3. The van der Waals surface area contributed by atoms with Gasteiger partial charge in [0.25, 0.3) is 0 Å². The highest BCUT2D eigenvalue weighted by atomic mass is 79.9. The minimum Gasteiger partial charge on any atom is -0.495 e. The van der Waals surface area contributed by atoms with E-state index in [1.54, 1.807) is 33.9 Å². The lowest BCUT2D eigenvalue weighted by atomic mass is 9.81. The van der Waals surface area contributed by atoms with Crippen LogP contribution in [0.4, 0.5) is 16.2 Å². The number of methoxy groups -OCH3 is 1. The van der Waals surface area contributed by atoms with Crippen molar-refractivity contribution in [2.45, 2.75) is 58.1 Å². The van der Waals surface area contributed by atoms with Gasteiger partial charge in [-0.25, -0.2) is 4.79 Å². The van der Waals surface area contributed by atoms with Crippen molar-refractivity contribution >= 4 is 39.2 Å². The summed E-state index contributed by atoms with van der Waals surface area (Å²) in [5, 5.41) is 5.99. The average Bonchev–Trinajstić information content (AvgIpc) is 2.61.